The van der Waals surface area contributed by atoms with E-state index in [4.69, 9.17) is 21.1 Å². The number of nitrogens with zero attached hydrogens (tertiary/aromatic N) is 1. The molecular weight excluding hydrogens is 386 g/mol. The van der Waals surface area contributed by atoms with Gasteiger partial charge in [-0.05, 0) is 67.0 Å². The third-order valence-electron chi connectivity index (χ3n) is 3.61. The van der Waals surface area contributed by atoms with E-state index < -0.39 is 10.1 Å². The van der Waals surface area contributed by atoms with Crippen LogP contribution < -0.4 is 19.7 Å². The van der Waals surface area contributed by atoms with Crippen molar-refractivity contribution in [3.63, 3.8) is 0 Å². The molecule has 2 N–H and O–H groups in total. The van der Waals surface area contributed by atoms with Crippen LogP contribution in [0.2, 0.25) is 0 Å². The minimum Gasteiger partial charge on any atom is -0.493 e. The lowest BCUT2D eigenvalue weighted by Crippen LogP contribution is -2.28. The van der Waals surface area contributed by atoms with Crippen LogP contribution in [0.3, 0.4) is 0 Å². The third kappa shape index (κ3) is 5.41. The molecule has 0 saturated carbocycles. The van der Waals surface area contributed by atoms with E-state index in [1.165, 1.54) is 19.4 Å². The van der Waals surface area contributed by atoms with Gasteiger partial charge < -0.3 is 14.2 Å². The molecule has 0 unspecified atom stereocenters. The van der Waals surface area contributed by atoms with Crippen molar-refractivity contribution in [3.8, 4) is 11.5 Å². The number of aryl methyl sites for hydroxylation is 2. The normalized spacial score (nSPS) is 11.3. The summed E-state index contributed by atoms with van der Waals surface area (Å²) in [4.78, 5) is 0.125. The molecule has 0 aliphatic rings. The number of thiocarbonyl (C=S) groups is 1. The van der Waals surface area contributed by atoms with Crippen molar-refractivity contribution in [2.75, 3.05) is 14.2 Å². The highest BCUT2D eigenvalue weighted by Gasteiger charge is 2.21. The molecule has 2 rings (SSSR count). The second-order valence-electron chi connectivity index (χ2n) is 5.67. The lowest BCUT2D eigenvalue weighted by molar-refractivity contribution is 0.390. The lowest BCUT2D eigenvalue weighted by atomic mass is 10.2. The SMILES string of the molecule is CNC(=S)NN=Cc1ccc(OS(=O)(=O)c2cc(C)ccc2C)c(OC)c1. The zero-order valence-corrected chi connectivity index (χ0v) is 17.1. The maximum Gasteiger partial charge on any atom is 0.339 e. The van der Waals surface area contributed by atoms with Gasteiger partial charge in [0.2, 0.25) is 0 Å². The highest BCUT2D eigenvalue weighted by molar-refractivity contribution is 7.87. The number of hydrazone groups is 1. The van der Waals surface area contributed by atoms with E-state index in [1.807, 2.05) is 13.0 Å². The maximum atomic E-state index is 12.7. The summed E-state index contributed by atoms with van der Waals surface area (Å²) in [6.45, 7) is 3.54. The van der Waals surface area contributed by atoms with Gasteiger partial charge in [0.05, 0.1) is 13.3 Å². The number of hydrogen-bond donors (Lipinski definition) is 2. The van der Waals surface area contributed by atoms with Gasteiger partial charge in [-0.25, -0.2) is 0 Å². The molecule has 0 atom stereocenters. The minimum absolute atomic E-state index is 0.0919. The zero-order chi connectivity index (χ0) is 20.0. The molecule has 0 fully saturated rings. The average molecular weight is 408 g/mol. The lowest BCUT2D eigenvalue weighted by Gasteiger charge is -2.13. The minimum atomic E-state index is -3.99. The summed E-state index contributed by atoms with van der Waals surface area (Å²) in [5.74, 6) is 0.360. The van der Waals surface area contributed by atoms with Gasteiger partial charge in [-0.2, -0.15) is 13.5 Å². The van der Waals surface area contributed by atoms with Crippen LogP contribution in [0.25, 0.3) is 0 Å². The first-order valence-corrected chi connectivity index (χ1v) is 9.79. The van der Waals surface area contributed by atoms with Gasteiger partial charge in [-0.3, -0.25) is 5.43 Å². The fourth-order valence-electron chi connectivity index (χ4n) is 2.19. The Kier molecular flexibility index (Phi) is 6.75. The zero-order valence-electron chi connectivity index (χ0n) is 15.4. The summed E-state index contributed by atoms with van der Waals surface area (Å²) >= 11 is 4.92. The number of nitrogens with one attached hydrogen (secondary N) is 2. The number of hydrogen-bond acceptors (Lipinski definition) is 6. The van der Waals surface area contributed by atoms with E-state index in [2.05, 4.69) is 15.8 Å². The van der Waals surface area contributed by atoms with Crippen molar-refractivity contribution in [1.82, 2.24) is 10.7 Å². The van der Waals surface area contributed by atoms with Gasteiger partial charge in [-0.1, -0.05) is 12.1 Å². The predicted octanol–water partition coefficient (Wildman–Crippen LogP) is 2.51. The number of methoxy groups -OCH3 is 1. The van der Waals surface area contributed by atoms with E-state index >= 15 is 0 Å². The molecule has 9 heteroatoms. The molecule has 2 aromatic rings. The average Bonchev–Trinajstić information content (AvgIpc) is 2.64. The molecule has 0 radical (unpaired) electrons. The molecule has 27 heavy (non-hydrogen) atoms. The van der Waals surface area contributed by atoms with Crippen LogP contribution in [-0.4, -0.2) is 33.9 Å². The quantitative estimate of drug-likeness (QED) is 0.329. The highest BCUT2D eigenvalue weighted by Crippen LogP contribution is 2.31. The molecule has 144 valence electrons. The summed E-state index contributed by atoms with van der Waals surface area (Å²) in [6.07, 6.45) is 1.52. The largest absolute Gasteiger partial charge is 0.493 e. The Balaban J connectivity index is 2.28. The first kappa shape index (κ1) is 20.7. The molecular formula is C18H21N3O4S2. The van der Waals surface area contributed by atoms with Crippen molar-refractivity contribution in [2.24, 2.45) is 5.10 Å². The topological polar surface area (TPSA) is 89.0 Å². The van der Waals surface area contributed by atoms with Crippen LogP contribution >= 0.6 is 12.2 Å². The van der Waals surface area contributed by atoms with E-state index in [0.29, 0.717) is 16.2 Å². The summed E-state index contributed by atoms with van der Waals surface area (Å²) in [5, 5.41) is 7.07. The van der Waals surface area contributed by atoms with E-state index in [0.717, 1.165) is 5.56 Å². The summed E-state index contributed by atoms with van der Waals surface area (Å²) in [6, 6.07) is 9.95. The summed E-state index contributed by atoms with van der Waals surface area (Å²) in [5.41, 5.74) is 4.74. The smallest absolute Gasteiger partial charge is 0.339 e. The molecule has 0 aliphatic heterocycles. The van der Waals surface area contributed by atoms with Gasteiger partial charge in [-0.15, -0.1) is 0 Å². The van der Waals surface area contributed by atoms with Crippen LogP contribution in [-0.2, 0) is 10.1 Å². The molecule has 0 aromatic heterocycles. The Labute approximate surface area is 164 Å². The fraction of sp³-hybridized carbons (Fsp3) is 0.222. The Morgan fingerprint density at radius 3 is 2.56 bits per heavy atom. The fourth-order valence-corrected chi connectivity index (χ4v) is 3.50. The Morgan fingerprint density at radius 2 is 1.89 bits per heavy atom. The van der Waals surface area contributed by atoms with E-state index in [1.54, 1.807) is 38.2 Å². The molecule has 0 saturated heterocycles. The first-order chi connectivity index (χ1) is 12.8. The molecule has 7 nitrogen and oxygen atoms in total. The second kappa shape index (κ2) is 8.83. The van der Waals surface area contributed by atoms with Crippen LogP contribution in [0.1, 0.15) is 16.7 Å². The molecule has 0 amide bonds. The number of ether oxygens (including phenoxy) is 1. The van der Waals surface area contributed by atoms with E-state index in [9.17, 15) is 8.42 Å². The van der Waals surface area contributed by atoms with Gasteiger partial charge in [0.15, 0.2) is 16.6 Å². The van der Waals surface area contributed by atoms with Gasteiger partial charge >= 0.3 is 10.1 Å². The van der Waals surface area contributed by atoms with Crippen molar-refractivity contribution in [2.45, 2.75) is 18.7 Å². The van der Waals surface area contributed by atoms with Gasteiger partial charge in [0, 0.05) is 7.05 Å². The Hall–Kier alpha value is -2.65. The molecule has 0 heterocycles. The second-order valence-corrected chi connectivity index (χ2v) is 7.59. The maximum absolute atomic E-state index is 12.7. The third-order valence-corrected chi connectivity index (χ3v) is 5.28. The van der Waals surface area contributed by atoms with Crippen molar-refractivity contribution in [3.05, 3.63) is 53.1 Å². The molecule has 2 aromatic carbocycles. The highest BCUT2D eigenvalue weighted by atomic mass is 32.2. The predicted molar refractivity (Wildman–Crippen MR) is 109 cm³/mol. The summed E-state index contributed by atoms with van der Waals surface area (Å²) in [7, 11) is -0.885. The molecule has 0 bridgehead atoms. The van der Waals surface area contributed by atoms with E-state index in [-0.39, 0.29) is 16.4 Å². The van der Waals surface area contributed by atoms with Crippen LogP contribution in [0.4, 0.5) is 0 Å². The summed E-state index contributed by atoms with van der Waals surface area (Å²) < 4.78 is 35.9. The first-order valence-electron chi connectivity index (χ1n) is 7.97. The van der Waals surface area contributed by atoms with Crippen molar-refractivity contribution < 1.29 is 17.3 Å². The van der Waals surface area contributed by atoms with Crippen molar-refractivity contribution in [1.29, 1.82) is 0 Å². The van der Waals surface area contributed by atoms with Gasteiger partial charge in [0.25, 0.3) is 0 Å². The van der Waals surface area contributed by atoms with Crippen molar-refractivity contribution >= 4 is 33.7 Å². The van der Waals surface area contributed by atoms with Crippen LogP contribution in [0.5, 0.6) is 11.5 Å². The Morgan fingerprint density at radius 1 is 1.15 bits per heavy atom. The standard InChI is InChI=1S/C18H21N3O4S2/c1-12-5-6-13(2)17(9-12)27(22,23)25-15-8-7-14(10-16(15)24-4)11-20-21-18(26)19-3/h5-11H,1-4H3,(H2,19,21,26). The Bertz CT molecular complexity index is 973. The van der Waals surface area contributed by atoms with Gasteiger partial charge in [0.1, 0.15) is 4.90 Å². The van der Waals surface area contributed by atoms with Crippen LogP contribution in [0, 0.1) is 13.8 Å². The van der Waals surface area contributed by atoms with Crippen LogP contribution in [0.15, 0.2) is 46.4 Å². The molecule has 0 spiro atoms. The monoisotopic (exact) mass is 407 g/mol. The number of rotatable bonds is 6. The molecule has 0 aliphatic carbocycles. The number of benzene rings is 2.